The van der Waals surface area contributed by atoms with Crippen LogP contribution in [0, 0.1) is 0 Å². The summed E-state index contributed by atoms with van der Waals surface area (Å²) in [5.74, 6) is 1.23. The van der Waals surface area contributed by atoms with Gasteiger partial charge in [0.1, 0.15) is 17.6 Å². The Morgan fingerprint density at radius 1 is 1.17 bits per heavy atom. The van der Waals surface area contributed by atoms with Crippen molar-refractivity contribution in [2.24, 2.45) is 0 Å². The van der Waals surface area contributed by atoms with E-state index in [-0.39, 0.29) is 0 Å². The smallest absolute Gasteiger partial charge is 0.137 e. The van der Waals surface area contributed by atoms with E-state index in [1.54, 1.807) is 32.4 Å². The second-order valence-electron chi connectivity index (χ2n) is 3.65. The van der Waals surface area contributed by atoms with Crippen molar-refractivity contribution in [3.05, 3.63) is 45.1 Å². The van der Waals surface area contributed by atoms with Gasteiger partial charge in [-0.25, -0.2) is 0 Å². The van der Waals surface area contributed by atoms with E-state index in [1.165, 1.54) is 11.3 Å². The van der Waals surface area contributed by atoms with Crippen molar-refractivity contribution >= 4 is 22.9 Å². The molecule has 0 aliphatic heterocycles. The fourth-order valence-corrected chi connectivity index (χ4v) is 2.74. The number of halogens is 1. The number of aliphatic hydroxyl groups is 1. The van der Waals surface area contributed by atoms with Gasteiger partial charge in [0.05, 0.1) is 24.1 Å². The predicted octanol–water partition coefficient (Wildman–Crippen LogP) is 3.50. The van der Waals surface area contributed by atoms with Gasteiger partial charge in [-0.15, -0.1) is 11.3 Å². The third-order valence-corrected chi connectivity index (χ3v) is 3.88. The van der Waals surface area contributed by atoms with Crippen LogP contribution in [0.5, 0.6) is 11.5 Å². The Bertz CT molecular complexity index is 539. The lowest BCUT2D eigenvalue weighted by Gasteiger charge is -2.13. The minimum Gasteiger partial charge on any atom is -0.495 e. The predicted molar refractivity (Wildman–Crippen MR) is 72.9 cm³/mol. The summed E-state index contributed by atoms with van der Waals surface area (Å²) >= 11 is 7.40. The highest BCUT2D eigenvalue weighted by Crippen LogP contribution is 2.36. The molecule has 2 aromatic rings. The molecule has 1 unspecified atom stereocenters. The Hall–Kier alpha value is -1.23. The highest BCUT2D eigenvalue weighted by Gasteiger charge is 2.18. The molecular formula is C13H13ClO3S. The molecule has 1 N–H and O–H groups in total. The number of rotatable bonds is 4. The number of methoxy groups -OCH3 is 2. The summed E-state index contributed by atoms with van der Waals surface area (Å²) < 4.78 is 10.3. The van der Waals surface area contributed by atoms with Crippen LogP contribution < -0.4 is 9.47 Å². The van der Waals surface area contributed by atoms with Gasteiger partial charge in [-0.1, -0.05) is 17.7 Å². The fourth-order valence-electron chi connectivity index (χ4n) is 1.68. The van der Waals surface area contributed by atoms with E-state index < -0.39 is 6.10 Å². The number of benzene rings is 1. The van der Waals surface area contributed by atoms with Crippen molar-refractivity contribution in [2.45, 2.75) is 6.10 Å². The van der Waals surface area contributed by atoms with Crippen molar-refractivity contribution in [1.82, 2.24) is 0 Å². The summed E-state index contributed by atoms with van der Waals surface area (Å²) in [6, 6.07) is 7.04. The number of hydrogen-bond acceptors (Lipinski definition) is 4. The second kappa shape index (κ2) is 5.61. The molecule has 1 heterocycles. The van der Waals surface area contributed by atoms with Crippen LogP contribution >= 0.6 is 22.9 Å². The minimum absolute atomic E-state index is 0.520. The molecule has 18 heavy (non-hydrogen) atoms. The van der Waals surface area contributed by atoms with Crippen LogP contribution in [0.1, 0.15) is 16.5 Å². The molecule has 0 amide bonds. The van der Waals surface area contributed by atoms with Crippen LogP contribution in [0.2, 0.25) is 5.02 Å². The molecule has 0 aliphatic rings. The summed E-state index contributed by atoms with van der Waals surface area (Å²) in [5.41, 5.74) is 0.719. The largest absolute Gasteiger partial charge is 0.495 e. The number of thiophene rings is 1. The Balaban J connectivity index is 2.37. The molecule has 1 atom stereocenters. The van der Waals surface area contributed by atoms with E-state index >= 15 is 0 Å². The lowest BCUT2D eigenvalue weighted by molar-refractivity contribution is 0.218. The van der Waals surface area contributed by atoms with Crippen molar-refractivity contribution in [2.75, 3.05) is 14.2 Å². The molecule has 1 aromatic heterocycles. The van der Waals surface area contributed by atoms with E-state index in [4.69, 9.17) is 21.1 Å². The van der Waals surface area contributed by atoms with Crippen molar-refractivity contribution in [3.63, 3.8) is 0 Å². The lowest BCUT2D eigenvalue weighted by atomic mass is 10.1. The normalized spacial score (nSPS) is 12.2. The van der Waals surface area contributed by atoms with Gasteiger partial charge < -0.3 is 14.6 Å². The number of ether oxygens (including phenoxy) is 2. The molecule has 0 saturated heterocycles. The highest BCUT2D eigenvalue weighted by atomic mass is 35.5. The van der Waals surface area contributed by atoms with Gasteiger partial charge in [0.15, 0.2) is 0 Å². The molecule has 1 aromatic carbocycles. The van der Waals surface area contributed by atoms with Crippen molar-refractivity contribution in [1.29, 1.82) is 0 Å². The molecule has 2 rings (SSSR count). The molecule has 0 saturated carbocycles. The second-order valence-corrected chi connectivity index (χ2v) is 5.00. The summed E-state index contributed by atoms with van der Waals surface area (Å²) in [6.45, 7) is 0. The van der Waals surface area contributed by atoms with E-state index in [2.05, 4.69) is 0 Å². The van der Waals surface area contributed by atoms with E-state index in [9.17, 15) is 5.11 Å². The van der Waals surface area contributed by atoms with Gasteiger partial charge in [0.2, 0.25) is 0 Å². The van der Waals surface area contributed by atoms with Crippen LogP contribution in [0.4, 0.5) is 0 Å². The van der Waals surface area contributed by atoms with Crippen molar-refractivity contribution in [3.8, 4) is 11.5 Å². The standard InChI is InChI=1S/C13H13ClO3S/c1-16-10-5-6-18-13(10)12(15)8-3-4-9(14)11(7-8)17-2/h3-7,12,15H,1-2H3. The molecular weight excluding hydrogens is 272 g/mol. The van der Waals surface area contributed by atoms with Gasteiger partial charge in [0.25, 0.3) is 0 Å². The first-order valence-corrected chi connectivity index (χ1v) is 6.56. The highest BCUT2D eigenvalue weighted by molar-refractivity contribution is 7.10. The zero-order chi connectivity index (χ0) is 13.1. The van der Waals surface area contributed by atoms with Gasteiger partial charge in [0, 0.05) is 0 Å². The Labute approximate surface area is 115 Å². The maximum atomic E-state index is 10.3. The van der Waals surface area contributed by atoms with Crippen LogP contribution in [0.3, 0.4) is 0 Å². The van der Waals surface area contributed by atoms with Crippen molar-refractivity contribution < 1.29 is 14.6 Å². The lowest BCUT2D eigenvalue weighted by Crippen LogP contribution is -2.00. The SMILES string of the molecule is COc1cc(C(O)c2sccc2OC)ccc1Cl. The first kappa shape index (κ1) is 13.2. The Morgan fingerprint density at radius 2 is 1.89 bits per heavy atom. The van der Waals surface area contributed by atoms with Crippen LogP contribution in [-0.2, 0) is 0 Å². The summed E-state index contributed by atoms with van der Waals surface area (Å²) in [5, 5.41) is 12.7. The molecule has 0 fully saturated rings. The monoisotopic (exact) mass is 284 g/mol. The minimum atomic E-state index is -0.744. The molecule has 0 aliphatic carbocycles. The van der Waals surface area contributed by atoms with Crippen LogP contribution in [-0.4, -0.2) is 19.3 Å². The summed E-state index contributed by atoms with van der Waals surface area (Å²) in [7, 11) is 3.13. The van der Waals surface area contributed by atoms with Gasteiger partial charge in [-0.2, -0.15) is 0 Å². The van der Waals surface area contributed by atoms with Crippen LogP contribution in [0.25, 0.3) is 0 Å². The zero-order valence-electron chi connectivity index (χ0n) is 10.0. The average Bonchev–Trinajstić information content (AvgIpc) is 2.86. The maximum Gasteiger partial charge on any atom is 0.137 e. The molecule has 5 heteroatoms. The average molecular weight is 285 g/mol. The summed E-state index contributed by atoms with van der Waals surface area (Å²) in [4.78, 5) is 0.766. The third kappa shape index (κ3) is 2.46. The molecule has 96 valence electrons. The summed E-state index contributed by atoms with van der Waals surface area (Å²) in [6.07, 6.45) is -0.744. The topological polar surface area (TPSA) is 38.7 Å². The Kier molecular flexibility index (Phi) is 4.11. The first-order valence-electron chi connectivity index (χ1n) is 5.30. The Morgan fingerprint density at radius 3 is 2.56 bits per heavy atom. The van der Waals surface area contributed by atoms with Gasteiger partial charge >= 0.3 is 0 Å². The molecule has 0 spiro atoms. The maximum absolute atomic E-state index is 10.3. The molecule has 0 bridgehead atoms. The van der Waals surface area contributed by atoms with E-state index in [0.717, 1.165) is 10.4 Å². The third-order valence-electron chi connectivity index (χ3n) is 2.62. The van der Waals surface area contributed by atoms with E-state index in [0.29, 0.717) is 16.5 Å². The molecule has 0 radical (unpaired) electrons. The van der Waals surface area contributed by atoms with E-state index in [1.807, 2.05) is 11.4 Å². The first-order chi connectivity index (χ1) is 8.67. The fraction of sp³-hybridized carbons (Fsp3) is 0.231. The quantitative estimate of drug-likeness (QED) is 0.934. The zero-order valence-corrected chi connectivity index (χ0v) is 11.6. The number of aliphatic hydroxyl groups excluding tert-OH is 1. The van der Waals surface area contributed by atoms with Gasteiger partial charge in [-0.05, 0) is 29.1 Å². The number of hydrogen-bond donors (Lipinski definition) is 1. The van der Waals surface area contributed by atoms with Crippen LogP contribution in [0.15, 0.2) is 29.6 Å². The molecule has 3 nitrogen and oxygen atoms in total. The van der Waals surface area contributed by atoms with Gasteiger partial charge in [-0.3, -0.25) is 0 Å².